The van der Waals surface area contributed by atoms with Gasteiger partial charge in [0.05, 0.1) is 6.04 Å². The second kappa shape index (κ2) is 5.33. The van der Waals surface area contributed by atoms with Gasteiger partial charge in [-0.3, -0.25) is 4.79 Å². The van der Waals surface area contributed by atoms with E-state index in [2.05, 4.69) is 32.9 Å². The average Bonchev–Trinajstić information content (AvgIpc) is 2.46. The molecule has 1 aromatic carbocycles. The van der Waals surface area contributed by atoms with Gasteiger partial charge in [-0.15, -0.1) is 0 Å². The average molecular weight is 260 g/mol. The third-order valence-corrected chi connectivity index (χ3v) is 4.35. The van der Waals surface area contributed by atoms with Gasteiger partial charge >= 0.3 is 0 Å². The van der Waals surface area contributed by atoms with E-state index in [1.807, 2.05) is 11.9 Å². The van der Waals surface area contributed by atoms with Crippen LogP contribution in [0.15, 0.2) is 12.1 Å². The van der Waals surface area contributed by atoms with Gasteiger partial charge in [0.15, 0.2) is 0 Å². The van der Waals surface area contributed by atoms with Crippen LogP contribution in [0.1, 0.15) is 47.6 Å². The Labute approximate surface area is 115 Å². The summed E-state index contributed by atoms with van der Waals surface area (Å²) in [6.45, 7) is 6.34. The topological polar surface area (TPSA) is 46.3 Å². The number of hydrogen-bond acceptors (Lipinski definition) is 2. The predicted octanol–water partition coefficient (Wildman–Crippen LogP) is 2.62. The van der Waals surface area contributed by atoms with Crippen LogP contribution in [0.2, 0.25) is 0 Å². The molecular formula is C16H24N2O. The summed E-state index contributed by atoms with van der Waals surface area (Å²) in [5, 5.41) is 0. The maximum Gasteiger partial charge on any atom is 0.222 e. The summed E-state index contributed by atoms with van der Waals surface area (Å²) < 4.78 is 0. The lowest BCUT2D eigenvalue weighted by Gasteiger charge is -2.32. The fraction of sp³-hybridized carbons (Fsp3) is 0.562. The molecule has 2 rings (SSSR count). The summed E-state index contributed by atoms with van der Waals surface area (Å²) in [7, 11) is 1.88. The number of amides is 1. The molecule has 1 fully saturated rings. The normalized spacial score (nSPS) is 24.5. The third-order valence-electron chi connectivity index (χ3n) is 4.35. The monoisotopic (exact) mass is 260 g/mol. The van der Waals surface area contributed by atoms with Gasteiger partial charge in [-0.2, -0.15) is 0 Å². The van der Waals surface area contributed by atoms with E-state index in [0.29, 0.717) is 6.42 Å². The molecular weight excluding hydrogens is 236 g/mol. The van der Waals surface area contributed by atoms with Gasteiger partial charge in [-0.05, 0) is 55.9 Å². The lowest BCUT2D eigenvalue weighted by Crippen LogP contribution is -2.40. The van der Waals surface area contributed by atoms with Crippen molar-refractivity contribution in [2.75, 3.05) is 7.05 Å². The van der Waals surface area contributed by atoms with Crippen LogP contribution in [0.5, 0.6) is 0 Å². The molecule has 104 valence electrons. The van der Waals surface area contributed by atoms with Crippen LogP contribution in [-0.2, 0) is 4.79 Å². The molecule has 1 aliphatic heterocycles. The van der Waals surface area contributed by atoms with Crippen molar-refractivity contribution in [3.8, 4) is 0 Å². The molecule has 0 spiro atoms. The van der Waals surface area contributed by atoms with E-state index in [4.69, 9.17) is 5.73 Å². The highest BCUT2D eigenvalue weighted by Gasteiger charge is 2.31. The summed E-state index contributed by atoms with van der Waals surface area (Å²) in [4.78, 5) is 13.9. The van der Waals surface area contributed by atoms with E-state index < -0.39 is 0 Å². The lowest BCUT2D eigenvalue weighted by atomic mass is 9.90. The van der Waals surface area contributed by atoms with E-state index in [0.717, 1.165) is 12.8 Å². The van der Waals surface area contributed by atoms with E-state index in [-0.39, 0.29) is 18.0 Å². The second-order valence-electron chi connectivity index (χ2n) is 5.80. The van der Waals surface area contributed by atoms with E-state index in [1.54, 1.807) is 0 Å². The number of benzene rings is 1. The summed E-state index contributed by atoms with van der Waals surface area (Å²) in [5.41, 5.74) is 11.3. The van der Waals surface area contributed by atoms with Crippen LogP contribution in [0, 0.1) is 20.8 Å². The number of likely N-dealkylation sites (N-methyl/N-ethyl adjacent to an activating group) is 1. The van der Waals surface area contributed by atoms with Crippen molar-refractivity contribution in [3.63, 3.8) is 0 Å². The smallest absolute Gasteiger partial charge is 0.222 e. The summed E-state index contributed by atoms with van der Waals surface area (Å²) in [6.07, 6.45) is 2.42. The maximum absolute atomic E-state index is 12.1. The Morgan fingerprint density at radius 2 is 1.79 bits per heavy atom. The van der Waals surface area contributed by atoms with Gasteiger partial charge in [0.1, 0.15) is 0 Å². The molecule has 0 saturated carbocycles. The first-order valence-corrected chi connectivity index (χ1v) is 7.00. The molecule has 3 nitrogen and oxygen atoms in total. The number of nitrogens with two attached hydrogens (primary N) is 1. The van der Waals surface area contributed by atoms with E-state index in [1.165, 1.54) is 22.3 Å². The van der Waals surface area contributed by atoms with Crippen LogP contribution < -0.4 is 5.73 Å². The molecule has 3 heteroatoms. The van der Waals surface area contributed by atoms with Crippen LogP contribution in [-0.4, -0.2) is 23.9 Å². The Hall–Kier alpha value is -1.35. The van der Waals surface area contributed by atoms with E-state index >= 15 is 0 Å². The van der Waals surface area contributed by atoms with Crippen molar-refractivity contribution < 1.29 is 4.79 Å². The number of hydrogen-bond donors (Lipinski definition) is 1. The molecule has 19 heavy (non-hydrogen) atoms. The minimum absolute atomic E-state index is 0.00861. The molecule has 1 heterocycles. The zero-order chi connectivity index (χ0) is 14.2. The number of likely N-dealkylation sites (tertiary alicyclic amines) is 1. The Bertz CT molecular complexity index is 496. The fourth-order valence-electron chi connectivity index (χ4n) is 3.01. The van der Waals surface area contributed by atoms with Gasteiger partial charge in [0.2, 0.25) is 5.91 Å². The standard InChI is InChI=1S/C16H24N2O/c1-10-8-12(3)13(9-11(10)2)16-14(17)6-5-7-15(19)18(16)4/h8-9,14,16H,5-7,17H2,1-4H3. The first kappa shape index (κ1) is 14.1. The molecule has 2 atom stereocenters. The van der Waals surface area contributed by atoms with Crippen molar-refractivity contribution in [1.82, 2.24) is 4.90 Å². The highest BCUT2D eigenvalue weighted by atomic mass is 16.2. The quantitative estimate of drug-likeness (QED) is 0.843. The Kier molecular flexibility index (Phi) is 3.95. The number of nitrogens with zero attached hydrogens (tertiary/aromatic N) is 1. The third kappa shape index (κ3) is 2.66. The van der Waals surface area contributed by atoms with Gasteiger partial charge in [-0.25, -0.2) is 0 Å². The van der Waals surface area contributed by atoms with Gasteiger partial charge in [-0.1, -0.05) is 12.1 Å². The molecule has 0 radical (unpaired) electrons. The first-order chi connectivity index (χ1) is 8.91. The van der Waals surface area contributed by atoms with Crippen LogP contribution in [0.4, 0.5) is 0 Å². The summed E-state index contributed by atoms with van der Waals surface area (Å²) in [6, 6.07) is 4.43. The minimum atomic E-state index is 0.00861. The molecule has 1 amide bonds. The van der Waals surface area contributed by atoms with Crippen molar-refractivity contribution in [2.24, 2.45) is 5.73 Å². The molecule has 1 aliphatic rings. The summed E-state index contributed by atoms with van der Waals surface area (Å²) >= 11 is 0. The molecule has 2 unspecified atom stereocenters. The molecule has 0 bridgehead atoms. The van der Waals surface area contributed by atoms with Gasteiger partial charge < -0.3 is 10.6 Å². The van der Waals surface area contributed by atoms with Crippen LogP contribution in [0.3, 0.4) is 0 Å². The van der Waals surface area contributed by atoms with Crippen LogP contribution in [0.25, 0.3) is 0 Å². The Balaban J connectivity index is 2.47. The number of carbonyl (C=O) groups is 1. The highest BCUT2D eigenvalue weighted by Crippen LogP contribution is 2.32. The van der Waals surface area contributed by atoms with Gasteiger partial charge in [0, 0.05) is 19.5 Å². The van der Waals surface area contributed by atoms with Crippen molar-refractivity contribution >= 4 is 5.91 Å². The molecule has 0 aromatic heterocycles. The number of aryl methyl sites for hydroxylation is 3. The molecule has 0 aliphatic carbocycles. The van der Waals surface area contributed by atoms with E-state index in [9.17, 15) is 4.79 Å². The zero-order valence-corrected chi connectivity index (χ0v) is 12.4. The number of carbonyl (C=O) groups excluding carboxylic acids is 1. The minimum Gasteiger partial charge on any atom is -0.337 e. The zero-order valence-electron chi connectivity index (χ0n) is 12.4. The predicted molar refractivity (Wildman–Crippen MR) is 78.0 cm³/mol. The summed E-state index contributed by atoms with van der Waals surface area (Å²) in [5.74, 6) is 0.204. The lowest BCUT2D eigenvalue weighted by molar-refractivity contribution is -0.131. The largest absolute Gasteiger partial charge is 0.337 e. The van der Waals surface area contributed by atoms with Crippen molar-refractivity contribution in [2.45, 2.75) is 52.1 Å². The molecule has 1 saturated heterocycles. The Morgan fingerprint density at radius 3 is 2.47 bits per heavy atom. The Morgan fingerprint density at radius 1 is 1.16 bits per heavy atom. The first-order valence-electron chi connectivity index (χ1n) is 7.00. The molecule has 2 N–H and O–H groups in total. The second-order valence-corrected chi connectivity index (χ2v) is 5.80. The maximum atomic E-state index is 12.1. The fourth-order valence-corrected chi connectivity index (χ4v) is 3.01. The van der Waals surface area contributed by atoms with Gasteiger partial charge in [0.25, 0.3) is 0 Å². The highest BCUT2D eigenvalue weighted by molar-refractivity contribution is 5.77. The SMILES string of the molecule is Cc1cc(C)c(C2C(N)CCCC(=O)N2C)cc1C. The van der Waals surface area contributed by atoms with Crippen molar-refractivity contribution in [3.05, 3.63) is 34.4 Å². The van der Waals surface area contributed by atoms with Crippen molar-refractivity contribution in [1.29, 1.82) is 0 Å². The van der Waals surface area contributed by atoms with Crippen LogP contribution >= 0.6 is 0 Å². The number of rotatable bonds is 1. The molecule has 1 aromatic rings.